The summed E-state index contributed by atoms with van der Waals surface area (Å²) in [5, 5.41) is 7.51. The molecule has 6 nitrogen and oxygen atoms in total. The van der Waals surface area contributed by atoms with Gasteiger partial charge in [0.15, 0.2) is 10.2 Å². The third-order valence-corrected chi connectivity index (χ3v) is 6.55. The zero-order chi connectivity index (χ0) is 20.2. The van der Waals surface area contributed by atoms with E-state index in [1.807, 2.05) is 31.2 Å². The summed E-state index contributed by atoms with van der Waals surface area (Å²) in [5.41, 5.74) is 2.66. The minimum Gasteiger partial charge on any atom is -0.339 e. The third-order valence-electron chi connectivity index (χ3n) is 4.14. The second-order valence-electron chi connectivity index (χ2n) is 6.35. The maximum Gasteiger partial charge on any atom is 0.227 e. The number of hydrogen-bond donors (Lipinski definition) is 1. The van der Waals surface area contributed by atoms with Crippen LogP contribution < -0.4 is 5.32 Å². The summed E-state index contributed by atoms with van der Waals surface area (Å²) in [4.78, 5) is 21.1. The van der Waals surface area contributed by atoms with Gasteiger partial charge in [-0.1, -0.05) is 40.7 Å². The van der Waals surface area contributed by atoms with Gasteiger partial charge in [0.1, 0.15) is 0 Å². The quantitative estimate of drug-likeness (QED) is 0.379. The smallest absolute Gasteiger partial charge is 0.227 e. The van der Waals surface area contributed by atoms with E-state index < -0.39 is 0 Å². The summed E-state index contributed by atoms with van der Waals surface area (Å²) in [7, 11) is 0. The number of thiazole rings is 1. The molecule has 4 aromatic rings. The highest BCUT2D eigenvalue weighted by Crippen LogP contribution is 2.30. The Balaban J connectivity index is 1.28. The lowest BCUT2D eigenvalue weighted by atomic mass is 10.2. The number of carbonyl (C=O) groups is 1. The largest absolute Gasteiger partial charge is 0.339 e. The van der Waals surface area contributed by atoms with Gasteiger partial charge < -0.3 is 9.84 Å². The molecule has 0 radical (unpaired) electrons. The topological polar surface area (TPSA) is 80.9 Å². The van der Waals surface area contributed by atoms with Gasteiger partial charge in [-0.2, -0.15) is 4.98 Å². The van der Waals surface area contributed by atoms with Gasteiger partial charge in [-0.25, -0.2) is 4.98 Å². The minimum absolute atomic E-state index is 0.112. The number of anilines is 1. The molecule has 9 heteroatoms. The Bertz CT molecular complexity index is 1130. The van der Waals surface area contributed by atoms with Crippen molar-refractivity contribution >= 4 is 56.5 Å². The number of aryl methyl sites for hydroxylation is 2. The molecule has 0 bridgehead atoms. The van der Waals surface area contributed by atoms with Crippen molar-refractivity contribution in [3.05, 3.63) is 64.8 Å². The molecule has 0 fully saturated rings. The predicted octanol–water partition coefficient (Wildman–Crippen LogP) is 5.50. The summed E-state index contributed by atoms with van der Waals surface area (Å²) in [5.74, 6) is 1.50. The number of thioether (sulfide) groups is 1. The first-order valence-electron chi connectivity index (χ1n) is 8.92. The Kier molecular flexibility index (Phi) is 6.13. The second-order valence-corrected chi connectivity index (χ2v) is 9.04. The molecule has 0 saturated heterocycles. The van der Waals surface area contributed by atoms with Crippen molar-refractivity contribution < 1.29 is 9.32 Å². The third kappa shape index (κ3) is 5.14. The van der Waals surface area contributed by atoms with Gasteiger partial charge in [-0.3, -0.25) is 4.79 Å². The number of nitrogens with one attached hydrogen (secondary N) is 1. The van der Waals surface area contributed by atoms with Crippen molar-refractivity contribution in [1.29, 1.82) is 0 Å². The fourth-order valence-corrected chi connectivity index (χ4v) is 4.83. The van der Waals surface area contributed by atoms with E-state index in [2.05, 4.69) is 26.5 Å². The molecule has 0 aliphatic rings. The van der Waals surface area contributed by atoms with Crippen molar-refractivity contribution in [1.82, 2.24) is 15.1 Å². The highest BCUT2D eigenvalue weighted by molar-refractivity contribution is 8.00. The molecule has 0 aliphatic heterocycles. The number of amides is 1. The Morgan fingerprint density at radius 3 is 2.93 bits per heavy atom. The number of halogens is 1. The number of rotatable bonds is 7. The molecular weight excluding hydrogens is 428 g/mol. The van der Waals surface area contributed by atoms with Crippen LogP contribution in [0.1, 0.15) is 23.7 Å². The Morgan fingerprint density at radius 1 is 1.24 bits per heavy atom. The first-order valence-corrected chi connectivity index (χ1v) is 11.1. The van der Waals surface area contributed by atoms with E-state index in [-0.39, 0.29) is 12.3 Å². The minimum atomic E-state index is -0.112. The van der Waals surface area contributed by atoms with Crippen LogP contribution >= 0.6 is 34.7 Å². The second kappa shape index (κ2) is 8.94. The van der Waals surface area contributed by atoms with Crippen molar-refractivity contribution in [3.63, 3.8) is 0 Å². The maximum absolute atomic E-state index is 12.2. The van der Waals surface area contributed by atoms with Gasteiger partial charge >= 0.3 is 0 Å². The number of hydrogen-bond acceptors (Lipinski definition) is 7. The van der Waals surface area contributed by atoms with Gasteiger partial charge in [0.25, 0.3) is 0 Å². The van der Waals surface area contributed by atoms with E-state index in [0.717, 1.165) is 25.8 Å². The summed E-state index contributed by atoms with van der Waals surface area (Å²) < 4.78 is 7.39. The van der Waals surface area contributed by atoms with E-state index in [1.54, 1.807) is 35.2 Å². The number of nitrogens with zero attached hydrogens (tertiary/aromatic N) is 3. The molecule has 4 rings (SSSR count). The van der Waals surface area contributed by atoms with Gasteiger partial charge in [-0.05, 0) is 42.8 Å². The van der Waals surface area contributed by atoms with Gasteiger partial charge in [-0.15, -0.1) is 11.3 Å². The van der Waals surface area contributed by atoms with Gasteiger partial charge in [0.2, 0.25) is 11.8 Å². The van der Waals surface area contributed by atoms with Crippen LogP contribution in [0.4, 0.5) is 5.69 Å². The number of carbonyl (C=O) groups excluding carboxylic acids is 1. The van der Waals surface area contributed by atoms with Crippen molar-refractivity contribution in [2.45, 2.75) is 29.9 Å². The van der Waals surface area contributed by atoms with Crippen molar-refractivity contribution in [3.8, 4) is 0 Å². The van der Waals surface area contributed by atoms with Crippen molar-refractivity contribution in [2.24, 2.45) is 0 Å². The lowest BCUT2D eigenvalue weighted by Crippen LogP contribution is -2.13. The van der Waals surface area contributed by atoms with Gasteiger partial charge in [0, 0.05) is 23.6 Å². The van der Waals surface area contributed by atoms with Crippen LogP contribution in [0, 0.1) is 6.92 Å². The van der Waals surface area contributed by atoms with Gasteiger partial charge in [0.05, 0.1) is 16.0 Å². The average molecular weight is 445 g/mol. The predicted molar refractivity (Wildman–Crippen MR) is 117 cm³/mol. The fourth-order valence-electron chi connectivity index (χ4n) is 2.69. The van der Waals surface area contributed by atoms with Crippen LogP contribution in [0.25, 0.3) is 10.2 Å². The van der Waals surface area contributed by atoms with Crippen molar-refractivity contribution in [2.75, 3.05) is 5.32 Å². The number of aromatic nitrogens is 3. The molecule has 1 amide bonds. The Labute approximate surface area is 180 Å². The Hall–Kier alpha value is -2.42. The standard InChI is InChI=1S/C20H17ClN4O2S2/c1-12-10-13(21)6-7-14(12)22-18(26)8-9-19-24-17(25-27-19)11-28-20-23-15-4-2-3-5-16(15)29-20/h2-7,10H,8-9,11H2,1H3,(H,22,26). The number of fused-ring (bicyclic) bond motifs is 1. The van der Waals surface area contributed by atoms with E-state index in [1.165, 1.54) is 0 Å². The molecule has 2 heterocycles. The molecule has 29 heavy (non-hydrogen) atoms. The maximum atomic E-state index is 12.2. The lowest BCUT2D eigenvalue weighted by molar-refractivity contribution is -0.116. The summed E-state index contributed by atoms with van der Waals surface area (Å²) in [6.07, 6.45) is 0.645. The molecule has 2 aromatic carbocycles. The molecule has 0 aliphatic carbocycles. The molecule has 0 atom stereocenters. The van der Waals surface area contributed by atoms with Crippen LogP contribution in [0.15, 0.2) is 51.3 Å². The summed E-state index contributed by atoms with van der Waals surface area (Å²) >= 11 is 9.16. The molecule has 1 N–H and O–H groups in total. The van der Waals surface area contributed by atoms with Crippen LogP contribution in [0.5, 0.6) is 0 Å². The van der Waals surface area contributed by atoms with Crippen LogP contribution in [-0.4, -0.2) is 21.0 Å². The summed E-state index contributed by atoms with van der Waals surface area (Å²) in [6.45, 7) is 1.90. The molecule has 2 aromatic heterocycles. The zero-order valence-corrected chi connectivity index (χ0v) is 17.9. The average Bonchev–Trinajstić information content (AvgIpc) is 3.33. The highest BCUT2D eigenvalue weighted by Gasteiger charge is 2.12. The molecular formula is C20H17ClN4O2S2. The van der Waals surface area contributed by atoms with E-state index in [9.17, 15) is 4.79 Å². The SMILES string of the molecule is Cc1cc(Cl)ccc1NC(=O)CCc1nc(CSc2nc3ccccc3s2)no1. The monoisotopic (exact) mass is 444 g/mol. The molecule has 0 unspecified atom stereocenters. The van der Waals surface area contributed by atoms with E-state index >= 15 is 0 Å². The highest BCUT2D eigenvalue weighted by atomic mass is 35.5. The van der Waals surface area contributed by atoms with Crippen LogP contribution in [0.2, 0.25) is 5.02 Å². The first-order chi connectivity index (χ1) is 14.1. The normalized spacial score (nSPS) is 11.1. The van der Waals surface area contributed by atoms with E-state index in [4.69, 9.17) is 16.1 Å². The first kappa shape index (κ1) is 19.9. The molecule has 0 saturated carbocycles. The van der Waals surface area contributed by atoms with Crippen LogP contribution in [0.3, 0.4) is 0 Å². The zero-order valence-electron chi connectivity index (χ0n) is 15.5. The Morgan fingerprint density at radius 2 is 2.10 bits per heavy atom. The molecule has 0 spiro atoms. The number of benzene rings is 2. The lowest BCUT2D eigenvalue weighted by Gasteiger charge is -2.07. The molecule has 148 valence electrons. The fraction of sp³-hybridized carbons (Fsp3) is 0.200. The van der Waals surface area contributed by atoms with E-state index in [0.29, 0.717) is 28.9 Å². The number of para-hydroxylation sites is 1. The summed E-state index contributed by atoms with van der Waals surface area (Å²) in [6, 6.07) is 13.4. The van der Waals surface area contributed by atoms with Crippen LogP contribution in [-0.2, 0) is 17.0 Å².